The smallest absolute Gasteiger partial charge is 0.251 e. The Morgan fingerprint density at radius 2 is 2.06 bits per heavy atom. The van der Waals surface area contributed by atoms with Crippen LogP contribution in [0.4, 0.5) is 5.69 Å². The number of nitrogens with zero attached hydrogens (tertiary/aromatic N) is 4. The van der Waals surface area contributed by atoms with Gasteiger partial charge in [0.1, 0.15) is 5.69 Å². The van der Waals surface area contributed by atoms with E-state index in [0.29, 0.717) is 24.4 Å². The van der Waals surface area contributed by atoms with Gasteiger partial charge >= 0.3 is 0 Å². The van der Waals surface area contributed by atoms with Gasteiger partial charge in [-0.3, -0.25) is 14.4 Å². The molecule has 0 spiro atoms. The summed E-state index contributed by atoms with van der Waals surface area (Å²) in [5, 5.41) is 10.1. The van der Waals surface area contributed by atoms with Crippen LogP contribution in [0.5, 0.6) is 0 Å². The van der Waals surface area contributed by atoms with Gasteiger partial charge in [0, 0.05) is 63.1 Å². The third-order valence-corrected chi connectivity index (χ3v) is 7.98. The maximum absolute atomic E-state index is 12.7. The molecule has 0 saturated carbocycles. The van der Waals surface area contributed by atoms with Crippen LogP contribution in [0, 0.1) is 5.92 Å². The molecule has 1 N–H and O–H groups in total. The molecule has 3 aliphatic rings. The number of piperidine rings is 3. The van der Waals surface area contributed by atoms with E-state index in [2.05, 4.69) is 45.5 Å². The van der Waals surface area contributed by atoms with E-state index in [-0.39, 0.29) is 5.91 Å². The molecule has 32 heavy (non-hydrogen) atoms. The fourth-order valence-corrected chi connectivity index (χ4v) is 5.96. The summed E-state index contributed by atoms with van der Waals surface area (Å²) in [5.41, 5.74) is 4.24. The van der Waals surface area contributed by atoms with Gasteiger partial charge in [-0.15, -0.1) is 11.3 Å². The van der Waals surface area contributed by atoms with Crippen molar-refractivity contribution in [3.8, 4) is 10.6 Å². The summed E-state index contributed by atoms with van der Waals surface area (Å²) in [6.07, 6.45) is 2.35. The molecule has 5 heterocycles. The summed E-state index contributed by atoms with van der Waals surface area (Å²) in [6.45, 7) is 2.88. The zero-order chi connectivity index (χ0) is 22.2. The SMILES string of the molecule is CN(C)c1ccc(C(=O)NC[C@H]2C[C@@H]3CCN2C[C@H]3c2cc(-c3cccs3)nn2C)cc1. The Bertz CT molecular complexity index is 1070. The van der Waals surface area contributed by atoms with Crippen molar-refractivity contribution in [1.82, 2.24) is 20.0 Å². The van der Waals surface area contributed by atoms with Crippen molar-refractivity contribution in [3.63, 3.8) is 0 Å². The number of carbonyl (C=O) groups excluding carboxylic acids is 1. The molecule has 2 aromatic heterocycles. The van der Waals surface area contributed by atoms with Crippen molar-refractivity contribution < 1.29 is 4.79 Å². The Hall–Kier alpha value is -2.64. The lowest BCUT2D eigenvalue weighted by atomic mass is 9.74. The monoisotopic (exact) mass is 449 g/mol. The molecule has 3 aliphatic heterocycles. The van der Waals surface area contributed by atoms with E-state index >= 15 is 0 Å². The first kappa shape index (κ1) is 21.2. The van der Waals surface area contributed by atoms with Gasteiger partial charge in [0.15, 0.2) is 0 Å². The molecule has 1 unspecified atom stereocenters. The number of benzene rings is 1. The van der Waals surface area contributed by atoms with Gasteiger partial charge in [-0.1, -0.05) is 6.07 Å². The highest BCUT2D eigenvalue weighted by molar-refractivity contribution is 7.13. The third-order valence-electron chi connectivity index (χ3n) is 7.09. The van der Waals surface area contributed by atoms with Crippen LogP contribution in [0.25, 0.3) is 10.6 Å². The lowest BCUT2D eigenvalue weighted by molar-refractivity contribution is 0.0280. The number of aryl methyl sites for hydroxylation is 1. The molecule has 2 bridgehead atoms. The Kier molecular flexibility index (Phi) is 5.78. The molecule has 4 atom stereocenters. The summed E-state index contributed by atoms with van der Waals surface area (Å²) >= 11 is 1.74. The number of nitrogens with one attached hydrogen (secondary N) is 1. The average molecular weight is 450 g/mol. The minimum absolute atomic E-state index is 0.0155. The molecule has 3 saturated heterocycles. The van der Waals surface area contributed by atoms with Crippen LogP contribution in [0.2, 0.25) is 0 Å². The molecule has 3 fully saturated rings. The van der Waals surface area contributed by atoms with E-state index in [0.717, 1.165) is 36.5 Å². The van der Waals surface area contributed by atoms with E-state index in [1.807, 2.05) is 43.3 Å². The highest BCUT2D eigenvalue weighted by atomic mass is 32.1. The van der Waals surface area contributed by atoms with Gasteiger partial charge in [0.25, 0.3) is 5.91 Å². The Morgan fingerprint density at radius 3 is 2.72 bits per heavy atom. The van der Waals surface area contributed by atoms with Crippen molar-refractivity contribution in [1.29, 1.82) is 0 Å². The largest absolute Gasteiger partial charge is 0.378 e. The predicted octanol–water partition coefficient (Wildman–Crippen LogP) is 3.82. The second-order valence-electron chi connectivity index (χ2n) is 9.25. The maximum atomic E-state index is 12.7. The number of rotatable bonds is 6. The van der Waals surface area contributed by atoms with Crippen LogP contribution in [0.1, 0.15) is 34.8 Å². The second kappa shape index (κ2) is 8.71. The Morgan fingerprint density at radius 1 is 1.25 bits per heavy atom. The second-order valence-corrected chi connectivity index (χ2v) is 10.2. The number of carbonyl (C=O) groups is 1. The van der Waals surface area contributed by atoms with Gasteiger partial charge in [-0.25, -0.2) is 0 Å². The van der Waals surface area contributed by atoms with Crippen LogP contribution in [0.15, 0.2) is 47.8 Å². The van der Waals surface area contributed by atoms with E-state index in [1.54, 1.807) is 11.3 Å². The van der Waals surface area contributed by atoms with E-state index in [9.17, 15) is 4.79 Å². The molecule has 7 heteroatoms. The molecule has 6 nitrogen and oxygen atoms in total. The van der Waals surface area contributed by atoms with Crippen molar-refractivity contribution in [2.75, 3.05) is 38.6 Å². The average Bonchev–Trinajstić information content (AvgIpc) is 3.48. The normalized spacial score (nSPS) is 24.5. The molecule has 0 radical (unpaired) electrons. The molecule has 1 amide bonds. The number of amides is 1. The first-order chi connectivity index (χ1) is 15.5. The topological polar surface area (TPSA) is 53.4 Å². The lowest BCUT2D eigenvalue weighted by Gasteiger charge is -2.50. The van der Waals surface area contributed by atoms with Crippen LogP contribution in [-0.2, 0) is 7.05 Å². The van der Waals surface area contributed by atoms with Gasteiger partial charge in [-0.05, 0) is 67.1 Å². The highest BCUT2D eigenvalue weighted by Gasteiger charge is 2.41. The molecule has 6 rings (SSSR count). The molecular weight excluding hydrogens is 418 g/mol. The standard InChI is InChI=1S/C25H31N5OS/c1-28(2)19-8-6-17(7-9-19)25(31)26-15-20-13-18-10-11-30(20)16-21(18)23-14-22(27-29(23)3)24-5-4-12-32-24/h4-9,12,14,18,20-21H,10-11,13,15-16H2,1-3H3,(H,26,31)/t18-,20+,21+/m0/s1. The van der Waals surface area contributed by atoms with Crippen LogP contribution in [-0.4, -0.2) is 60.4 Å². The summed E-state index contributed by atoms with van der Waals surface area (Å²) in [7, 11) is 6.08. The van der Waals surface area contributed by atoms with E-state index in [1.165, 1.54) is 17.0 Å². The van der Waals surface area contributed by atoms with E-state index < -0.39 is 0 Å². The summed E-state index contributed by atoms with van der Waals surface area (Å²) < 4.78 is 2.08. The highest BCUT2D eigenvalue weighted by Crippen LogP contribution is 2.42. The van der Waals surface area contributed by atoms with E-state index in [4.69, 9.17) is 5.10 Å². The Balaban J connectivity index is 1.22. The van der Waals surface area contributed by atoms with Crippen LogP contribution < -0.4 is 10.2 Å². The zero-order valence-electron chi connectivity index (χ0n) is 19.0. The fraction of sp³-hybridized carbons (Fsp3) is 0.440. The van der Waals surface area contributed by atoms with Gasteiger partial charge in [-0.2, -0.15) is 5.10 Å². The van der Waals surface area contributed by atoms with Crippen molar-refractivity contribution >= 4 is 22.9 Å². The molecular formula is C25H31N5OS. The molecule has 3 aromatic rings. The number of hydrogen-bond donors (Lipinski definition) is 1. The minimum atomic E-state index is 0.0155. The number of thiophene rings is 1. The number of hydrogen-bond acceptors (Lipinski definition) is 5. The Labute approximate surface area is 193 Å². The van der Waals surface area contributed by atoms with Crippen molar-refractivity contribution in [2.24, 2.45) is 13.0 Å². The first-order valence-electron chi connectivity index (χ1n) is 11.4. The van der Waals surface area contributed by atoms with Gasteiger partial charge in [0.2, 0.25) is 0 Å². The molecule has 168 valence electrons. The fourth-order valence-electron chi connectivity index (χ4n) is 5.28. The molecule has 1 aromatic carbocycles. The predicted molar refractivity (Wildman–Crippen MR) is 130 cm³/mol. The van der Waals surface area contributed by atoms with Gasteiger partial charge in [0.05, 0.1) is 4.88 Å². The summed E-state index contributed by atoms with van der Waals surface area (Å²) in [5.74, 6) is 1.18. The van der Waals surface area contributed by atoms with Crippen molar-refractivity contribution in [2.45, 2.75) is 24.8 Å². The quantitative estimate of drug-likeness (QED) is 0.622. The number of fused-ring (bicyclic) bond motifs is 3. The van der Waals surface area contributed by atoms with Crippen LogP contribution >= 0.6 is 11.3 Å². The summed E-state index contributed by atoms with van der Waals surface area (Å²) in [6, 6.07) is 14.7. The first-order valence-corrected chi connectivity index (χ1v) is 12.2. The zero-order valence-corrected chi connectivity index (χ0v) is 19.8. The number of aromatic nitrogens is 2. The maximum Gasteiger partial charge on any atom is 0.251 e. The third kappa shape index (κ3) is 4.07. The van der Waals surface area contributed by atoms with Crippen LogP contribution in [0.3, 0.4) is 0 Å². The van der Waals surface area contributed by atoms with Gasteiger partial charge < -0.3 is 10.2 Å². The minimum Gasteiger partial charge on any atom is -0.378 e. The van der Waals surface area contributed by atoms with Crippen molar-refractivity contribution in [3.05, 3.63) is 59.1 Å². The lowest BCUT2D eigenvalue weighted by Crippen LogP contribution is -2.56. The number of anilines is 1. The summed E-state index contributed by atoms with van der Waals surface area (Å²) in [4.78, 5) is 18.5. The molecule has 0 aliphatic carbocycles.